The van der Waals surface area contributed by atoms with E-state index in [0.29, 0.717) is 6.61 Å². The lowest BCUT2D eigenvalue weighted by Crippen LogP contribution is -2.23. The molecule has 0 saturated carbocycles. The first-order valence-corrected chi connectivity index (χ1v) is 3.49. The monoisotopic (exact) mass is 162 g/mol. The van der Waals surface area contributed by atoms with E-state index in [2.05, 4.69) is 4.74 Å². The Balaban J connectivity index is 3.36. The fraction of sp³-hybridized carbons (Fsp3) is 0.857. The van der Waals surface area contributed by atoms with Crippen LogP contribution in [0.5, 0.6) is 0 Å². The van der Waals surface area contributed by atoms with Crippen LogP contribution in [0.25, 0.3) is 0 Å². The van der Waals surface area contributed by atoms with Gasteiger partial charge in [0, 0.05) is 6.61 Å². The fourth-order valence-electron chi connectivity index (χ4n) is 0.468. The zero-order valence-corrected chi connectivity index (χ0v) is 7.12. The van der Waals surface area contributed by atoms with Crippen LogP contribution in [0.1, 0.15) is 13.8 Å². The van der Waals surface area contributed by atoms with Gasteiger partial charge in [-0.3, -0.25) is 0 Å². The Labute approximate surface area is 66.4 Å². The zero-order chi connectivity index (χ0) is 8.69. The molecule has 0 spiro atoms. The average molecular weight is 162 g/mol. The van der Waals surface area contributed by atoms with E-state index in [9.17, 15) is 4.79 Å². The molecule has 66 valence electrons. The van der Waals surface area contributed by atoms with E-state index in [1.165, 1.54) is 7.11 Å². The lowest BCUT2D eigenvalue weighted by molar-refractivity contribution is -0.161. The molecule has 0 aromatic rings. The molecule has 1 atom stereocenters. The number of carbonyl (C=O) groups excluding carboxylic acids is 1. The van der Waals surface area contributed by atoms with Crippen LogP contribution in [0.15, 0.2) is 0 Å². The number of hydrogen-bond acceptors (Lipinski definition) is 4. The highest BCUT2D eigenvalue weighted by Crippen LogP contribution is 1.93. The summed E-state index contributed by atoms with van der Waals surface area (Å²) in [5, 5.41) is 0. The molecule has 0 aliphatic rings. The van der Waals surface area contributed by atoms with Gasteiger partial charge in [-0.15, -0.1) is 0 Å². The van der Waals surface area contributed by atoms with Gasteiger partial charge < -0.3 is 14.2 Å². The van der Waals surface area contributed by atoms with E-state index in [0.717, 1.165) is 0 Å². The number of hydrogen-bond donors (Lipinski definition) is 0. The van der Waals surface area contributed by atoms with E-state index in [4.69, 9.17) is 9.47 Å². The molecule has 0 fully saturated rings. The van der Waals surface area contributed by atoms with Crippen molar-refractivity contribution in [2.45, 2.75) is 20.0 Å². The van der Waals surface area contributed by atoms with Gasteiger partial charge in [-0.2, -0.15) is 0 Å². The average Bonchev–Trinajstić information content (AvgIpc) is 2.03. The van der Waals surface area contributed by atoms with E-state index in [-0.39, 0.29) is 12.8 Å². The van der Waals surface area contributed by atoms with Crippen molar-refractivity contribution < 1.29 is 19.0 Å². The van der Waals surface area contributed by atoms with Gasteiger partial charge >= 0.3 is 5.97 Å². The Kier molecular flexibility index (Phi) is 5.78. The minimum Gasteiger partial charge on any atom is -0.467 e. The lowest BCUT2D eigenvalue weighted by Gasteiger charge is -2.09. The van der Waals surface area contributed by atoms with Gasteiger partial charge in [0.15, 0.2) is 6.10 Å². The molecule has 0 heterocycles. The highest BCUT2D eigenvalue weighted by Gasteiger charge is 2.12. The van der Waals surface area contributed by atoms with Crippen LogP contribution in [0.3, 0.4) is 0 Å². The summed E-state index contributed by atoms with van der Waals surface area (Å²) >= 11 is 0. The molecule has 0 amide bonds. The smallest absolute Gasteiger partial charge is 0.334 e. The molecule has 0 saturated heterocycles. The van der Waals surface area contributed by atoms with Crippen molar-refractivity contribution in [2.75, 3.05) is 20.5 Å². The molecule has 0 aromatic heterocycles. The van der Waals surface area contributed by atoms with Crippen LogP contribution in [0.2, 0.25) is 0 Å². The summed E-state index contributed by atoms with van der Waals surface area (Å²) in [4.78, 5) is 10.7. The van der Waals surface area contributed by atoms with Gasteiger partial charge in [-0.25, -0.2) is 4.79 Å². The van der Waals surface area contributed by atoms with Gasteiger partial charge in [-0.05, 0) is 13.8 Å². The summed E-state index contributed by atoms with van der Waals surface area (Å²) in [6, 6.07) is 0. The first-order chi connectivity index (χ1) is 5.22. The molecule has 0 rings (SSSR count). The third-order valence-corrected chi connectivity index (χ3v) is 1.14. The minimum atomic E-state index is -0.549. The van der Waals surface area contributed by atoms with E-state index in [1.54, 1.807) is 6.92 Å². The molecule has 0 aromatic carbocycles. The molecule has 4 heteroatoms. The summed E-state index contributed by atoms with van der Waals surface area (Å²) in [5.41, 5.74) is 0. The van der Waals surface area contributed by atoms with E-state index >= 15 is 0 Å². The number of methoxy groups -OCH3 is 1. The molecule has 11 heavy (non-hydrogen) atoms. The Hall–Kier alpha value is -0.610. The normalized spacial score (nSPS) is 12.6. The maximum atomic E-state index is 10.7. The Bertz CT molecular complexity index is 113. The minimum absolute atomic E-state index is 0.132. The first-order valence-electron chi connectivity index (χ1n) is 3.49. The second kappa shape index (κ2) is 6.12. The van der Waals surface area contributed by atoms with Crippen LogP contribution in [0, 0.1) is 0 Å². The second-order valence-electron chi connectivity index (χ2n) is 1.94. The zero-order valence-electron chi connectivity index (χ0n) is 7.12. The van der Waals surface area contributed by atoms with Crippen LogP contribution in [-0.2, 0) is 19.0 Å². The Morgan fingerprint density at radius 3 is 2.64 bits per heavy atom. The molecular formula is C7H14O4. The van der Waals surface area contributed by atoms with Gasteiger partial charge in [-0.1, -0.05) is 0 Å². The van der Waals surface area contributed by atoms with Crippen molar-refractivity contribution >= 4 is 5.97 Å². The number of esters is 1. The maximum absolute atomic E-state index is 10.7. The molecule has 0 aliphatic carbocycles. The van der Waals surface area contributed by atoms with Crippen LogP contribution >= 0.6 is 0 Å². The third-order valence-electron chi connectivity index (χ3n) is 1.14. The highest BCUT2D eigenvalue weighted by atomic mass is 16.7. The van der Waals surface area contributed by atoms with Crippen molar-refractivity contribution in [3.05, 3.63) is 0 Å². The van der Waals surface area contributed by atoms with Crippen molar-refractivity contribution in [3.63, 3.8) is 0 Å². The van der Waals surface area contributed by atoms with Gasteiger partial charge in [0.2, 0.25) is 0 Å². The third kappa shape index (κ3) is 4.75. The Morgan fingerprint density at radius 1 is 1.55 bits per heavy atom. The SMILES string of the molecule is CCOCO[C@@H](C)C(=O)OC. The summed E-state index contributed by atoms with van der Waals surface area (Å²) in [5.74, 6) is -0.385. The van der Waals surface area contributed by atoms with E-state index in [1.807, 2.05) is 6.92 Å². The van der Waals surface area contributed by atoms with Gasteiger partial charge in [0.1, 0.15) is 6.79 Å². The van der Waals surface area contributed by atoms with Crippen LogP contribution in [-0.4, -0.2) is 32.6 Å². The highest BCUT2D eigenvalue weighted by molar-refractivity contribution is 5.73. The molecular weight excluding hydrogens is 148 g/mol. The summed E-state index contributed by atoms with van der Waals surface area (Å²) in [6.45, 7) is 4.18. The molecule has 0 N–H and O–H groups in total. The maximum Gasteiger partial charge on any atom is 0.334 e. The van der Waals surface area contributed by atoms with E-state index < -0.39 is 6.10 Å². The topological polar surface area (TPSA) is 44.8 Å². The van der Waals surface area contributed by atoms with Crippen molar-refractivity contribution in [3.8, 4) is 0 Å². The lowest BCUT2D eigenvalue weighted by atomic mass is 10.4. The molecule has 0 radical (unpaired) electrons. The van der Waals surface area contributed by atoms with Gasteiger partial charge in [0.05, 0.1) is 7.11 Å². The predicted molar refractivity (Wildman–Crippen MR) is 39.1 cm³/mol. The van der Waals surface area contributed by atoms with Crippen LogP contribution in [0.4, 0.5) is 0 Å². The summed E-state index contributed by atoms with van der Waals surface area (Å²) < 4.78 is 14.2. The summed E-state index contributed by atoms with van der Waals surface area (Å²) in [6.07, 6.45) is -0.549. The molecule has 4 nitrogen and oxygen atoms in total. The largest absolute Gasteiger partial charge is 0.467 e. The number of carbonyl (C=O) groups is 1. The first kappa shape index (κ1) is 10.4. The standard InChI is InChI=1S/C7H14O4/c1-4-10-5-11-6(2)7(8)9-3/h6H,4-5H2,1-3H3/t6-/m0/s1. The van der Waals surface area contributed by atoms with Crippen LogP contribution < -0.4 is 0 Å². The van der Waals surface area contributed by atoms with Crippen molar-refractivity contribution in [1.29, 1.82) is 0 Å². The Morgan fingerprint density at radius 2 is 2.18 bits per heavy atom. The fourth-order valence-corrected chi connectivity index (χ4v) is 0.468. The molecule has 0 bridgehead atoms. The van der Waals surface area contributed by atoms with Crippen molar-refractivity contribution in [2.24, 2.45) is 0 Å². The predicted octanol–water partition coefficient (Wildman–Crippen LogP) is 0.558. The molecule has 0 unspecified atom stereocenters. The quantitative estimate of drug-likeness (QED) is 0.336. The summed E-state index contributed by atoms with van der Waals surface area (Å²) in [7, 11) is 1.32. The van der Waals surface area contributed by atoms with Gasteiger partial charge in [0.25, 0.3) is 0 Å². The number of ether oxygens (including phenoxy) is 3. The second-order valence-corrected chi connectivity index (χ2v) is 1.94. The van der Waals surface area contributed by atoms with Crippen molar-refractivity contribution in [1.82, 2.24) is 0 Å². The number of rotatable bonds is 5. The molecule has 0 aliphatic heterocycles.